The number of carboxylic acids is 1. The standard InChI is InChI=1S/C8H14N2O3/c1-3-4-9-7(11)5-10-6(2)8(12)13/h3,6,10H,1,4-5H2,2H3,(H,9,11)(H,12,13)/t6-/m0/s1. The average Bonchev–Trinajstić information content (AvgIpc) is 2.10. The van der Waals surface area contributed by atoms with E-state index in [0.717, 1.165) is 0 Å². The summed E-state index contributed by atoms with van der Waals surface area (Å²) in [7, 11) is 0. The molecule has 3 N–H and O–H groups in total. The highest BCUT2D eigenvalue weighted by atomic mass is 16.4. The van der Waals surface area contributed by atoms with Crippen molar-refractivity contribution in [2.75, 3.05) is 13.1 Å². The number of carbonyl (C=O) groups is 2. The zero-order valence-electron chi connectivity index (χ0n) is 7.54. The zero-order chi connectivity index (χ0) is 10.3. The molecular formula is C8H14N2O3. The number of carboxylic acid groups (broad SMARTS) is 1. The summed E-state index contributed by atoms with van der Waals surface area (Å²) in [6.45, 7) is 5.29. The Labute approximate surface area is 76.8 Å². The van der Waals surface area contributed by atoms with E-state index in [4.69, 9.17) is 5.11 Å². The van der Waals surface area contributed by atoms with Gasteiger partial charge in [0.1, 0.15) is 6.04 Å². The zero-order valence-corrected chi connectivity index (χ0v) is 7.54. The Bertz CT molecular complexity index is 204. The Hall–Kier alpha value is -1.36. The fourth-order valence-electron chi connectivity index (χ4n) is 0.582. The lowest BCUT2D eigenvalue weighted by Crippen LogP contribution is -2.41. The molecule has 0 aromatic rings. The summed E-state index contributed by atoms with van der Waals surface area (Å²) in [5.41, 5.74) is 0. The average molecular weight is 186 g/mol. The number of hydrogen-bond donors (Lipinski definition) is 3. The fraction of sp³-hybridized carbons (Fsp3) is 0.500. The third-order valence-electron chi connectivity index (χ3n) is 1.38. The van der Waals surface area contributed by atoms with Crippen LogP contribution in [0.3, 0.4) is 0 Å². The lowest BCUT2D eigenvalue weighted by molar-refractivity contribution is -0.139. The van der Waals surface area contributed by atoms with Crippen LogP contribution in [-0.2, 0) is 9.59 Å². The first kappa shape index (κ1) is 11.6. The van der Waals surface area contributed by atoms with Crippen molar-refractivity contribution in [2.45, 2.75) is 13.0 Å². The molecule has 5 heteroatoms. The highest BCUT2D eigenvalue weighted by Crippen LogP contribution is 1.79. The molecule has 74 valence electrons. The molecule has 0 aliphatic carbocycles. The second kappa shape index (κ2) is 6.19. The molecule has 0 heterocycles. The van der Waals surface area contributed by atoms with Gasteiger partial charge >= 0.3 is 5.97 Å². The Morgan fingerprint density at radius 3 is 2.69 bits per heavy atom. The molecule has 1 atom stereocenters. The van der Waals surface area contributed by atoms with Gasteiger partial charge in [-0.1, -0.05) is 6.08 Å². The molecule has 0 aliphatic rings. The Morgan fingerprint density at radius 2 is 2.23 bits per heavy atom. The van der Waals surface area contributed by atoms with Crippen LogP contribution in [0.15, 0.2) is 12.7 Å². The van der Waals surface area contributed by atoms with Crippen molar-refractivity contribution < 1.29 is 14.7 Å². The quantitative estimate of drug-likeness (QED) is 0.482. The van der Waals surface area contributed by atoms with Crippen molar-refractivity contribution in [3.63, 3.8) is 0 Å². The summed E-state index contributed by atoms with van der Waals surface area (Å²) in [6.07, 6.45) is 1.55. The molecule has 0 spiro atoms. The van der Waals surface area contributed by atoms with E-state index in [0.29, 0.717) is 6.54 Å². The van der Waals surface area contributed by atoms with Crippen LogP contribution in [0.4, 0.5) is 0 Å². The minimum absolute atomic E-state index is 0.00130. The van der Waals surface area contributed by atoms with E-state index in [-0.39, 0.29) is 12.5 Å². The fourth-order valence-corrected chi connectivity index (χ4v) is 0.582. The number of carbonyl (C=O) groups excluding carboxylic acids is 1. The normalized spacial score (nSPS) is 11.8. The van der Waals surface area contributed by atoms with Crippen LogP contribution in [0.25, 0.3) is 0 Å². The van der Waals surface area contributed by atoms with Crippen molar-refractivity contribution in [3.8, 4) is 0 Å². The summed E-state index contributed by atoms with van der Waals surface area (Å²) >= 11 is 0. The molecular weight excluding hydrogens is 172 g/mol. The molecule has 0 unspecified atom stereocenters. The maximum absolute atomic E-state index is 10.9. The van der Waals surface area contributed by atoms with Gasteiger partial charge in [0.05, 0.1) is 6.54 Å². The predicted octanol–water partition coefficient (Wildman–Crippen LogP) is -0.649. The van der Waals surface area contributed by atoms with Crippen LogP contribution in [0.1, 0.15) is 6.92 Å². The second-order valence-corrected chi connectivity index (χ2v) is 2.53. The van der Waals surface area contributed by atoms with Crippen molar-refractivity contribution in [3.05, 3.63) is 12.7 Å². The molecule has 5 nitrogen and oxygen atoms in total. The molecule has 13 heavy (non-hydrogen) atoms. The van der Waals surface area contributed by atoms with Gasteiger partial charge in [-0.25, -0.2) is 0 Å². The third-order valence-corrected chi connectivity index (χ3v) is 1.38. The van der Waals surface area contributed by atoms with Crippen molar-refractivity contribution in [2.24, 2.45) is 0 Å². The van der Waals surface area contributed by atoms with Gasteiger partial charge in [-0.3, -0.25) is 14.9 Å². The maximum Gasteiger partial charge on any atom is 0.320 e. The smallest absolute Gasteiger partial charge is 0.320 e. The second-order valence-electron chi connectivity index (χ2n) is 2.53. The Morgan fingerprint density at radius 1 is 1.62 bits per heavy atom. The van der Waals surface area contributed by atoms with E-state index < -0.39 is 12.0 Å². The van der Waals surface area contributed by atoms with Crippen molar-refractivity contribution >= 4 is 11.9 Å². The first-order valence-corrected chi connectivity index (χ1v) is 3.91. The summed E-state index contributed by atoms with van der Waals surface area (Å²) in [6, 6.07) is -0.713. The van der Waals surface area contributed by atoms with Crippen LogP contribution in [0.5, 0.6) is 0 Å². The first-order valence-electron chi connectivity index (χ1n) is 3.91. The minimum Gasteiger partial charge on any atom is -0.480 e. The molecule has 0 saturated carbocycles. The van der Waals surface area contributed by atoms with Gasteiger partial charge in [-0.05, 0) is 6.92 Å². The number of aliphatic carboxylic acids is 1. The van der Waals surface area contributed by atoms with E-state index in [1.807, 2.05) is 0 Å². The molecule has 0 saturated heterocycles. The number of amides is 1. The lowest BCUT2D eigenvalue weighted by atomic mass is 10.3. The van der Waals surface area contributed by atoms with E-state index in [2.05, 4.69) is 17.2 Å². The van der Waals surface area contributed by atoms with E-state index in [9.17, 15) is 9.59 Å². The number of nitrogens with one attached hydrogen (secondary N) is 2. The Kier molecular flexibility index (Phi) is 5.54. The van der Waals surface area contributed by atoms with E-state index >= 15 is 0 Å². The summed E-state index contributed by atoms with van der Waals surface area (Å²) in [5, 5.41) is 13.5. The molecule has 0 aromatic heterocycles. The molecule has 0 aliphatic heterocycles. The maximum atomic E-state index is 10.9. The summed E-state index contributed by atoms with van der Waals surface area (Å²) in [4.78, 5) is 21.2. The van der Waals surface area contributed by atoms with Gasteiger partial charge in [0.2, 0.25) is 5.91 Å². The third kappa shape index (κ3) is 5.86. The summed E-state index contributed by atoms with van der Waals surface area (Å²) < 4.78 is 0. The number of hydrogen-bond acceptors (Lipinski definition) is 3. The minimum atomic E-state index is -0.975. The highest BCUT2D eigenvalue weighted by Gasteiger charge is 2.10. The van der Waals surface area contributed by atoms with Crippen LogP contribution in [-0.4, -0.2) is 36.1 Å². The van der Waals surface area contributed by atoms with Crippen molar-refractivity contribution in [1.29, 1.82) is 0 Å². The van der Waals surface area contributed by atoms with E-state index in [1.54, 1.807) is 6.08 Å². The molecule has 0 rings (SSSR count). The van der Waals surface area contributed by atoms with Crippen LogP contribution < -0.4 is 10.6 Å². The topological polar surface area (TPSA) is 78.4 Å². The molecule has 0 bridgehead atoms. The van der Waals surface area contributed by atoms with Gasteiger partial charge < -0.3 is 10.4 Å². The molecule has 0 radical (unpaired) electrons. The molecule has 1 amide bonds. The van der Waals surface area contributed by atoms with Gasteiger partial charge in [0.15, 0.2) is 0 Å². The molecule has 0 fully saturated rings. The van der Waals surface area contributed by atoms with Crippen LogP contribution in [0, 0.1) is 0 Å². The predicted molar refractivity (Wildman–Crippen MR) is 48.3 cm³/mol. The SMILES string of the molecule is C=CCNC(=O)CN[C@@H](C)C(=O)O. The van der Waals surface area contributed by atoms with Gasteiger partial charge in [0, 0.05) is 6.54 Å². The lowest BCUT2D eigenvalue weighted by Gasteiger charge is -2.08. The van der Waals surface area contributed by atoms with Gasteiger partial charge in [-0.15, -0.1) is 6.58 Å². The Balaban J connectivity index is 3.57. The van der Waals surface area contributed by atoms with Crippen LogP contribution >= 0.6 is 0 Å². The largest absolute Gasteiger partial charge is 0.480 e. The van der Waals surface area contributed by atoms with Crippen LogP contribution in [0.2, 0.25) is 0 Å². The highest BCUT2D eigenvalue weighted by molar-refractivity contribution is 5.79. The van der Waals surface area contributed by atoms with E-state index in [1.165, 1.54) is 6.92 Å². The summed E-state index contributed by atoms with van der Waals surface area (Å²) in [5.74, 6) is -1.22. The first-order chi connectivity index (χ1) is 6.07. The van der Waals surface area contributed by atoms with Crippen molar-refractivity contribution in [1.82, 2.24) is 10.6 Å². The number of rotatable bonds is 6. The monoisotopic (exact) mass is 186 g/mol. The molecule has 0 aromatic carbocycles. The van der Waals surface area contributed by atoms with Gasteiger partial charge in [0.25, 0.3) is 0 Å². The van der Waals surface area contributed by atoms with Gasteiger partial charge in [-0.2, -0.15) is 0 Å².